The number of H-pyrrole nitrogens is 1. The van der Waals surface area contributed by atoms with Crippen molar-refractivity contribution in [2.75, 3.05) is 5.32 Å². The van der Waals surface area contributed by atoms with Crippen LogP contribution < -0.4 is 10.7 Å². The largest absolute Gasteiger partial charge is 0.336 e. The molecule has 3 N–H and O–H groups in total. The second-order valence-corrected chi connectivity index (χ2v) is 9.80. The second kappa shape index (κ2) is 12.9. The molecule has 0 bridgehead atoms. The number of aromatic nitrogens is 3. The molecule has 5 rings (SSSR count). The van der Waals surface area contributed by atoms with Gasteiger partial charge in [-0.15, -0.1) is 0 Å². The van der Waals surface area contributed by atoms with Gasteiger partial charge in [-0.05, 0) is 43.7 Å². The number of hydrogen-bond acceptors (Lipinski definition) is 6. The van der Waals surface area contributed by atoms with Crippen LogP contribution in [-0.2, 0) is 4.79 Å². The van der Waals surface area contributed by atoms with Crippen molar-refractivity contribution in [3.63, 3.8) is 0 Å². The molecule has 0 spiro atoms. The third kappa shape index (κ3) is 6.62. The molecule has 2 aromatic heterocycles. The van der Waals surface area contributed by atoms with Crippen molar-refractivity contribution in [2.45, 2.75) is 20.3 Å². The van der Waals surface area contributed by atoms with Gasteiger partial charge in [-0.25, -0.2) is 14.4 Å². The van der Waals surface area contributed by atoms with Crippen molar-refractivity contribution in [3.05, 3.63) is 133 Å². The molecule has 9 heteroatoms. The maximum atomic E-state index is 13.5. The van der Waals surface area contributed by atoms with Crippen molar-refractivity contribution in [3.8, 4) is 11.1 Å². The fourth-order valence-electron chi connectivity index (χ4n) is 4.54. The lowest BCUT2D eigenvalue weighted by molar-refractivity contribution is -0.115. The molecule has 2 aromatic carbocycles. The first kappa shape index (κ1) is 28.8. The average molecular weight is 572 g/mol. The molecule has 4 aromatic rings. The number of hydrogen-bond donors (Lipinski definition) is 3. The summed E-state index contributed by atoms with van der Waals surface area (Å²) >= 11 is 0. The fourth-order valence-corrected chi connectivity index (χ4v) is 4.54. The fraction of sp³-hybridized carbons (Fsp3) is 0.0882. The molecule has 1 aliphatic heterocycles. The molecular weight excluding hydrogens is 541 g/mol. The van der Waals surface area contributed by atoms with Gasteiger partial charge in [0.2, 0.25) is 5.91 Å². The molecule has 1 amide bonds. The second-order valence-electron chi connectivity index (χ2n) is 9.80. The van der Waals surface area contributed by atoms with Crippen LogP contribution in [0.25, 0.3) is 27.9 Å². The number of hydrazone groups is 1. The van der Waals surface area contributed by atoms with E-state index in [4.69, 9.17) is 9.98 Å². The first-order valence-electron chi connectivity index (χ1n) is 13.6. The van der Waals surface area contributed by atoms with E-state index in [0.717, 1.165) is 27.7 Å². The Bertz CT molecular complexity index is 1870. The van der Waals surface area contributed by atoms with Crippen LogP contribution in [0.15, 0.2) is 126 Å². The number of fused-ring (bicyclic) bond motifs is 1. The highest BCUT2D eigenvalue weighted by Gasteiger charge is 2.25. The minimum absolute atomic E-state index is 0.152. The Morgan fingerprint density at radius 2 is 1.95 bits per heavy atom. The zero-order valence-electron chi connectivity index (χ0n) is 23.9. The number of rotatable bonds is 9. The van der Waals surface area contributed by atoms with Crippen molar-refractivity contribution < 1.29 is 9.18 Å². The summed E-state index contributed by atoms with van der Waals surface area (Å²) in [5.41, 5.74) is 10.5. The number of allylic oxidation sites excluding steroid dienone is 6. The van der Waals surface area contributed by atoms with Crippen molar-refractivity contribution in [2.24, 2.45) is 10.1 Å². The summed E-state index contributed by atoms with van der Waals surface area (Å²) in [6, 6.07) is 13.9. The third-order valence-corrected chi connectivity index (χ3v) is 6.60. The van der Waals surface area contributed by atoms with Crippen LogP contribution in [0.5, 0.6) is 0 Å². The van der Waals surface area contributed by atoms with E-state index in [9.17, 15) is 9.18 Å². The smallest absolute Gasteiger partial charge is 0.228 e. The number of carbonyl (C=O) groups excluding carboxylic acids is 1. The highest BCUT2D eigenvalue weighted by molar-refractivity contribution is 6.54. The molecule has 0 fully saturated rings. The zero-order chi connectivity index (χ0) is 30.3. The van der Waals surface area contributed by atoms with E-state index in [1.54, 1.807) is 36.7 Å². The van der Waals surface area contributed by atoms with Crippen molar-refractivity contribution in [1.82, 2.24) is 20.4 Å². The number of halogens is 1. The van der Waals surface area contributed by atoms with Crippen molar-refractivity contribution >= 4 is 39.7 Å². The Hall–Kier alpha value is -5.70. The number of imidazole rings is 1. The number of benzene rings is 2. The number of aromatic amines is 1. The predicted molar refractivity (Wildman–Crippen MR) is 172 cm³/mol. The van der Waals surface area contributed by atoms with Crippen LogP contribution in [-0.4, -0.2) is 32.3 Å². The lowest BCUT2D eigenvalue weighted by Gasteiger charge is -2.09. The minimum atomic E-state index is -0.299. The lowest BCUT2D eigenvalue weighted by Crippen LogP contribution is -2.15. The van der Waals surface area contributed by atoms with E-state index < -0.39 is 0 Å². The minimum Gasteiger partial charge on any atom is -0.336 e. The van der Waals surface area contributed by atoms with Gasteiger partial charge in [0.15, 0.2) is 11.5 Å². The first-order valence-corrected chi connectivity index (χ1v) is 13.6. The quantitative estimate of drug-likeness (QED) is 0.186. The number of anilines is 1. The predicted octanol–water partition coefficient (Wildman–Crippen LogP) is 7.10. The first-order chi connectivity index (χ1) is 20.9. The van der Waals surface area contributed by atoms with Gasteiger partial charge in [0.05, 0.1) is 34.3 Å². The van der Waals surface area contributed by atoms with Gasteiger partial charge in [0.25, 0.3) is 0 Å². The molecule has 0 saturated heterocycles. The molecular formula is C34H30FN7O. The molecule has 8 nitrogen and oxygen atoms in total. The van der Waals surface area contributed by atoms with Gasteiger partial charge in [0, 0.05) is 23.7 Å². The van der Waals surface area contributed by atoms with Crippen LogP contribution in [0.4, 0.5) is 10.1 Å². The van der Waals surface area contributed by atoms with E-state index in [1.165, 1.54) is 12.1 Å². The number of aliphatic imine (C=N–C) groups is 1. The van der Waals surface area contributed by atoms with Gasteiger partial charge >= 0.3 is 0 Å². The van der Waals surface area contributed by atoms with E-state index in [-0.39, 0.29) is 18.1 Å². The summed E-state index contributed by atoms with van der Waals surface area (Å²) < 4.78 is 13.5. The van der Waals surface area contributed by atoms with E-state index >= 15 is 0 Å². The van der Waals surface area contributed by atoms with E-state index in [1.807, 2.05) is 56.3 Å². The van der Waals surface area contributed by atoms with Crippen LogP contribution in [0.3, 0.4) is 0 Å². The maximum absolute atomic E-state index is 13.5. The van der Waals surface area contributed by atoms with Crippen LogP contribution >= 0.6 is 0 Å². The Kier molecular flexibility index (Phi) is 8.62. The summed E-state index contributed by atoms with van der Waals surface area (Å²) in [6.07, 6.45) is 12.6. The van der Waals surface area contributed by atoms with Gasteiger partial charge < -0.3 is 10.3 Å². The highest BCUT2D eigenvalue weighted by Crippen LogP contribution is 2.29. The molecule has 1 aliphatic rings. The Morgan fingerprint density at radius 1 is 1.14 bits per heavy atom. The Morgan fingerprint density at radius 3 is 2.72 bits per heavy atom. The summed E-state index contributed by atoms with van der Waals surface area (Å²) in [6.45, 7) is 11.5. The SMILES string of the molecule is C=C/C=C\C=C(/C)CC(=O)Nc1cncc(C(=C/C)/N=C2\C(=C)NN=C2c2nc3c(-c4ccc(F)cc4)cccc3[nH]2)c1. The molecule has 0 atom stereocenters. The normalized spacial score (nSPS) is 14.8. The molecule has 0 radical (unpaired) electrons. The number of pyridine rings is 1. The number of para-hydroxylation sites is 1. The topological polar surface area (TPSA) is 107 Å². The molecule has 3 heterocycles. The summed E-state index contributed by atoms with van der Waals surface area (Å²) in [5.74, 6) is 0.0586. The number of nitrogens with zero attached hydrogens (tertiary/aromatic N) is 4. The van der Waals surface area contributed by atoms with Gasteiger partial charge in [-0.1, -0.05) is 73.4 Å². The van der Waals surface area contributed by atoms with Crippen LogP contribution in [0, 0.1) is 5.82 Å². The highest BCUT2D eigenvalue weighted by atomic mass is 19.1. The summed E-state index contributed by atoms with van der Waals surface area (Å²) in [5, 5.41) is 7.35. The van der Waals surface area contributed by atoms with E-state index in [0.29, 0.717) is 39.9 Å². The molecule has 43 heavy (non-hydrogen) atoms. The number of nitrogens with one attached hydrogen (secondary N) is 3. The van der Waals surface area contributed by atoms with Gasteiger partial charge in [0.1, 0.15) is 11.5 Å². The Balaban J connectivity index is 1.41. The Labute approximate surface area is 248 Å². The number of amides is 1. The van der Waals surface area contributed by atoms with Crippen LogP contribution in [0.1, 0.15) is 31.7 Å². The lowest BCUT2D eigenvalue weighted by atomic mass is 10.0. The van der Waals surface area contributed by atoms with E-state index in [2.05, 4.69) is 39.0 Å². The van der Waals surface area contributed by atoms with Crippen molar-refractivity contribution in [1.29, 1.82) is 0 Å². The monoisotopic (exact) mass is 571 g/mol. The third-order valence-electron chi connectivity index (χ3n) is 6.60. The van der Waals surface area contributed by atoms with Gasteiger partial charge in [-0.2, -0.15) is 5.10 Å². The zero-order valence-corrected chi connectivity index (χ0v) is 23.9. The summed E-state index contributed by atoms with van der Waals surface area (Å²) in [4.78, 5) is 30.0. The van der Waals surface area contributed by atoms with Gasteiger partial charge in [-0.3, -0.25) is 15.2 Å². The number of carbonyl (C=O) groups is 1. The standard InChI is InChI=1S/C34H30FN7O/c1-5-7-8-10-21(3)17-30(43)37-26-18-24(19-36-20-26)28(6-2)38-31-22(4)41-42-33(31)34-39-29-12-9-11-27(32(29)40-34)23-13-15-25(35)16-14-23/h5-16,18-20,41H,1,4,17H2,2-3H3,(H,37,43)(H,39,40)/b8-7-,21-10+,28-6-,38-31+. The van der Waals surface area contributed by atoms with Crippen LogP contribution in [0.2, 0.25) is 0 Å². The molecule has 0 unspecified atom stereocenters. The summed E-state index contributed by atoms with van der Waals surface area (Å²) in [7, 11) is 0. The molecule has 0 aliphatic carbocycles. The average Bonchev–Trinajstić information content (AvgIpc) is 3.59. The molecule has 0 saturated carbocycles. The maximum Gasteiger partial charge on any atom is 0.228 e. The molecule has 214 valence electrons.